The quantitative estimate of drug-likeness (QED) is 0.0707. The number of hydrogen-bond acceptors (Lipinski definition) is 18. The second kappa shape index (κ2) is 32.2. The first kappa shape index (κ1) is 35.9. The highest BCUT2D eigenvalue weighted by Crippen LogP contribution is 2.49. The molecule has 510 valence electrons. The van der Waals surface area contributed by atoms with Crippen LogP contribution in [0.5, 0.6) is 34.5 Å². The van der Waals surface area contributed by atoms with Crippen molar-refractivity contribution in [1.82, 2.24) is 14.7 Å². The van der Waals surface area contributed by atoms with Crippen molar-refractivity contribution in [1.29, 1.82) is 0 Å². The topological polar surface area (TPSA) is 222 Å². The van der Waals surface area contributed by atoms with Gasteiger partial charge < -0.3 is 59.8 Å². The van der Waals surface area contributed by atoms with Crippen LogP contribution in [-0.4, -0.2) is 151 Å². The van der Waals surface area contributed by atoms with Gasteiger partial charge in [0.05, 0.1) is 59.0 Å². The molecule has 18 heteroatoms. The summed E-state index contributed by atoms with van der Waals surface area (Å²) in [6.45, 7) is -0.723. The number of ether oxygens (including phenoxy) is 9. The van der Waals surface area contributed by atoms with Gasteiger partial charge in [-0.15, -0.1) is 0 Å². The van der Waals surface area contributed by atoms with Gasteiger partial charge in [0.15, 0.2) is 34.5 Å². The van der Waals surface area contributed by atoms with E-state index < -0.39 is 333 Å². The fourth-order valence-corrected chi connectivity index (χ4v) is 9.32. The average molecular weight is 1310 g/mol. The molecule has 6 aliphatic heterocycles. The van der Waals surface area contributed by atoms with Crippen molar-refractivity contribution in [3.63, 3.8) is 0 Å². The summed E-state index contributed by atoms with van der Waals surface area (Å²) in [7, 11) is 2.17. The van der Waals surface area contributed by atoms with E-state index in [0.717, 1.165) is 35.5 Å². The van der Waals surface area contributed by atoms with E-state index in [0.29, 0.717) is 0 Å². The lowest BCUT2D eigenvalue weighted by Gasteiger charge is -2.48. The Morgan fingerprint density at radius 1 is 0.495 bits per heavy atom. The predicted molar refractivity (Wildman–Crippen MR) is 358 cm³/mol. The molecule has 3 aromatic carbocycles. The van der Waals surface area contributed by atoms with Crippen LogP contribution in [0.2, 0.25) is 0 Å². The van der Waals surface area contributed by atoms with Gasteiger partial charge in [-0.2, -0.15) is 0 Å². The van der Waals surface area contributed by atoms with Crippen molar-refractivity contribution in [3.05, 3.63) is 69.6 Å². The molecule has 6 N–H and O–H groups in total. The van der Waals surface area contributed by atoms with E-state index in [2.05, 4.69) is 0 Å². The lowest BCUT2D eigenvalue weighted by atomic mass is 9.75. The Balaban J connectivity index is 0.000000267. The Labute approximate surface area is 600 Å². The maximum absolute atomic E-state index is 13.3. The Bertz CT molecular complexity index is 4840. The Kier molecular flexibility index (Phi) is 12.7. The molecule has 0 bridgehead atoms. The number of carbonyl (C=O) groups is 3. The summed E-state index contributed by atoms with van der Waals surface area (Å²) >= 11 is 0. The van der Waals surface area contributed by atoms with Gasteiger partial charge >= 0.3 is 17.9 Å². The highest BCUT2D eigenvalue weighted by molar-refractivity contribution is 5.77. The van der Waals surface area contributed by atoms with Crippen LogP contribution in [-0.2, 0) is 47.7 Å². The third kappa shape index (κ3) is 18.1. The molecular formula is C73H116N6O12. The molecular weight excluding hydrogens is 1150 g/mol. The highest BCUT2D eigenvalue weighted by Gasteiger charge is 2.46. The number of nitrogens with zero attached hydrogens (tertiary/aromatic N) is 3. The molecule has 9 unspecified atom stereocenters. The second-order valence-corrected chi connectivity index (χ2v) is 24.9. The molecule has 18 nitrogen and oxygen atoms in total. The standard InChI is InChI=1S/C25H40N2O4.2C24H38N2O4/c1-15(2)23(26)24(28)31-20-12-19-18-11-22(30-7)21(29-6)10-16(18)8-9-27(19)14-17(20)13-25(3,4)5;2*1-14(2)9-17-13-26-8-7-16-10-21(28-5)22(29-6)11-18(16)19(26)12-20(17)30-24(27)23(25)15(3)4/h10-11,15,17,19-20,23H,8-9,12-14,26H2,1-7H3;2*10-11,14-15,17,19-20,23H,7-9,12-13,25H2,1-6H3/t3*17?,19?,20?,23-/m000/s1/i8D2,9D2,10D,11D,12D2,14D2,17D,20D;5D3,7D2,8D2,10D,11D,12D2,13D2,17D,20D;7D2,8D2,10D,11D,12D2,13D2,17D,20D. The van der Waals surface area contributed by atoms with Crippen LogP contribution in [0.1, 0.15) is 233 Å². The van der Waals surface area contributed by atoms with Gasteiger partial charge in [0.2, 0.25) is 0 Å². The molecule has 0 aliphatic carbocycles. The van der Waals surface area contributed by atoms with Gasteiger partial charge in [0.1, 0.15) is 36.4 Å². The van der Waals surface area contributed by atoms with Gasteiger partial charge in [-0.05, 0) is 143 Å². The van der Waals surface area contributed by atoms with Gasteiger partial charge in [-0.3, -0.25) is 29.1 Å². The van der Waals surface area contributed by atoms with E-state index in [1.165, 1.54) is 27.7 Å². The fraction of sp³-hybridized carbons (Fsp3) is 0.712. The summed E-state index contributed by atoms with van der Waals surface area (Å²) in [6, 6.07) is -16.6. The molecule has 9 rings (SSSR count). The van der Waals surface area contributed by atoms with Gasteiger partial charge in [-0.25, -0.2) is 0 Å². The lowest BCUT2D eigenvalue weighted by molar-refractivity contribution is -0.161. The molecule has 3 aromatic rings. The third-order valence-corrected chi connectivity index (χ3v) is 14.4. The molecule has 0 radical (unpaired) electrons. The van der Waals surface area contributed by atoms with Gasteiger partial charge in [0.25, 0.3) is 0 Å². The number of carbonyl (C=O) groups excluding carboxylic acids is 3. The number of fused-ring (bicyclic) bond motifs is 9. The zero-order chi connectivity index (χ0) is 102. The predicted octanol–water partition coefficient (Wildman–Crippen LogP) is 11.1. The first-order valence-corrected chi connectivity index (χ1v) is 29.8. The first-order valence-electron chi connectivity index (χ1n) is 49.3. The van der Waals surface area contributed by atoms with Crippen LogP contribution < -0.4 is 45.6 Å². The largest absolute Gasteiger partial charge is 0.493 e. The minimum Gasteiger partial charge on any atom is -0.493 e. The van der Waals surface area contributed by atoms with Gasteiger partial charge in [-0.1, -0.05) is 90.0 Å². The molecule has 0 saturated carbocycles. The van der Waals surface area contributed by atoms with E-state index in [1.54, 1.807) is 62.3 Å². The lowest BCUT2D eigenvalue weighted by Crippen LogP contribution is -2.51. The van der Waals surface area contributed by atoms with Crippen molar-refractivity contribution in [2.75, 3.05) is 81.6 Å². The maximum atomic E-state index is 13.3. The molecule has 12 atom stereocenters. The number of nitrogens with two attached hydrogens (primary N) is 3. The summed E-state index contributed by atoms with van der Waals surface area (Å²) in [5, 5.41) is 0. The molecule has 0 aromatic heterocycles. The summed E-state index contributed by atoms with van der Waals surface area (Å²) < 4.78 is 396. The van der Waals surface area contributed by atoms with E-state index in [-0.39, 0.29) is 14.7 Å². The third-order valence-electron chi connectivity index (χ3n) is 14.4. The maximum Gasteiger partial charge on any atom is 0.323 e. The van der Waals surface area contributed by atoms with Crippen LogP contribution in [0.3, 0.4) is 0 Å². The van der Waals surface area contributed by atoms with Crippen molar-refractivity contribution in [2.45, 2.75) is 202 Å². The molecule has 0 spiro atoms. The number of piperidine rings is 3. The second-order valence-electron chi connectivity index (χ2n) is 24.9. The van der Waals surface area contributed by atoms with E-state index in [4.69, 9.17) is 91.4 Å². The van der Waals surface area contributed by atoms with Crippen molar-refractivity contribution in [3.8, 4) is 34.5 Å². The van der Waals surface area contributed by atoms with Crippen LogP contribution in [0.25, 0.3) is 0 Å². The molecule has 3 fully saturated rings. The Morgan fingerprint density at radius 2 is 0.769 bits per heavy atom. The van der Waals surface area contributed by atoms with E-state index in [9.17, 15) is 36.3 Å². The molecule has 6 aliphatic rings. The minimum atomic E-state index is -3.63. The number of benzene rings is 3. The number of methoxy groups -OCH3 is 6. The zero-order valence-electron chi connectivity index (χ0n) is 93.9. The van der Waals surface area contributed by atoms with Crippen molar-refractivity contribution in [2.24, 2.45) is 69.9 Å². The SMILES string of the molecule is [2H]c1c(OC)c(OC([2H])([2H])[2H])c([2H])c2c1C1N(C([2H])([2H])C2([2H])[2H])C([2H])([2H])C([2H])(CC(C)C)C([2H])(OC(=O)[C@@H](N)C(C)C)C1([2H])[2H].[2H]c1c(OC)c(OC)c([2H])c2c1C1N(C([2H])([2H])C2([2H])[2H])C([2H])([2H])C([2H])(CC(C)(C)C)C([2H])(OC(=O)[C@@H](N)C(C)C)C1([2H])[2H].[2H]c1c(OC)c(OC)c([2H])c2c1C1N(C([2H])([2H])C2([2H])[2H])C([2H])([2H])C([2H])(CC(C)C)C([2H])(OC(=O)[C@@H](N)C(C)C)C1([2H])[2H]. The first-order chi connectivity index (χ1) is 58.0. The average Bonchev–Trinajstić information content (AvgIpc) is 0.659. The van der Waals surface area contributed by atoms with Gasteiger partial charge in [0, 0.05) is 131 Å². The Hall–Kier alpha value is -5.37. The summed E-state index contributed by atoms with van der Waals surface area (Å²) in [5.74, 6) is -19.7. The number of rotatable bonds is 20. The van der Waals surface area contributed by atoms with Crippen LogP contribution in [0, 0.1) is 52.7 Å². The highest BCUT2D eigenvalue weighted by atomic mass is 16.6. The normalized spacial score (nSPS) is 42.8. The molecule has 91 heavy (non-hydrogen) atoms. The summed E-state index contributed by atoms with van der Waals surface area (Å²) in [5.41, 5.74) is 11.8. The monoisotopic (exact) mass is 1310 g/mol. The number of esters is 3. The van der Waals surface area contributed by atoms with Crippen LogP contribution in [0.15, 0.2) is 36.3 Å². The molecule has 6 heterocycles. The summed E-state index contributed by atoms with van der Waals surface area (Å²) in [4.78, 5) is 40.1. The Morgan fingerprint density at radius 3 is 1.03 bits per heavy atom. The van der Waals surface area contributed by atoms with Crippen molar-refractivity contribution < 1.29 is 110 Å². The molecule has 3 saturated heterocycles. The number of hydrogen-bond donors (Lipinski definition) is 3. The van der Waals surface area contributed by atoms with Crippen LogP contribution in [0.4, 0.5) is 0 Å². The smallest absolute Gasteiger partial charge is 0.323 e. The van der Waals surface area contributed by atoms with E-state index >= 15 is 0 Å². The van der Waals surface area contributed by atoms with E-state index in [1.807, 2.05) is 0 Å². The van der Waals surface area contributed by atoms with Crippen molar-refractivity contribution >= 4 is 17.9 Å². The summed E-state index contributed by atoms with van der Waals surface area (Å²) in [6.07, 6.45) is -32.7. The minimum absolute atomic E-state index is 0.0852. The van der Waals surface area contributed by atoms with Crippen LogP contribution >= 0.6 is 0 Å². The molecule has 0 amide bonds. The zero-order valence-corrected chi connectivity index (χ0v) is 54.9. The fourth-order valence-electron chi connectivity index (χ4n) is 9.32.